The predicted molar refractivity (Wildman–Crippen MR) is 130 cm³/mol. The number of hydrogen-bond acceptors (Lipinski definition) is 6. The summed E-state index contributed by atoms with van der Waals surface area (Å²) < 4.78 is 6.83. The van der Waals surface area contributed by atoms with Crippen LogP contribution in [-0.4, -0.2) is 39.4 Å². The van der Waals surface area contributed by atoms with Crippen molar-refractivity contribution < 1.29 is 14.3 Å². The van der Waals surface area contributed by atoms with E-state index in [1.165, 1.54) is 23.9 Å². The van der Waals surface area contributed by atoms with Gasteiger partial charge in [0.05, 0.1) is 41.6 Å². The minimum atomic E-state index is -0.316. The first-order chi connectivity index (χ1) is 15.8. The molecule has 2 N–H and O–H groups in total. The third-order valence-corrected chi connectivity index (χ3v) is 6.33. The van der Waals surface area contributed by atoms with Crippen LogP contribution in [0.1, 0.15) is 11.4 Å². The second-order valence-electron chi connectivity index (χ2n) is 6.84. The number of hydrogen-bond donors (Lipinski definition) is 2. The molecule has 2 aromatic carbocycles. The molecular weight excluding hydrogens is 509 g/mol. The van der Waals surface area contributed by atoms with Crippen molar-refractivity contribution >= 4 is 64.1 Å². The summed E-state index contributed by atoms with van der Waals surface area (Å²) in [5, 5.41) is 15.1. The quantitative estimate of drug-likeness (QED) is 0.400. The summed E-state index contributed by atoms with van der Waals surface area (Å²) in [6.07, 6.45) is 0.236. The molecule has 12 heteroatoms. The Hall–Kier alpha value is -2.46. The number of methoxy groups -OCH3 is 1. The summed E-state index contributed by atoms with van der Waals surface area (Å²) in [6.45, 7) is 0.210. The minimum Gasteiger partial charge on any atom is -0.497 e. The molecule has 0 aliphatic carbocycles. The van der Waals surface area contributed by atoms with Crippen molar-refractivity contribution in [1.82, 2.24) is 20.1 Å². The molecule has 1 heterocycles. The van der Waals surface area contributed by atoms with Gasteiger partial charge in [-0.05, 0) is 29.8 Å². The highest BCUT2D eigenvalue weighted by Crippen LogP contribution is 2.33. The third-order valence-electron chi connectivity index (χ3n) is 4.50. The Bertz CT molecular complexity index is 1130. The van der Waals surface area contributed by atoms with Gasteiger partial charge in [0.15, 0.2) is 11.0 Å². The topological polar surface area (TPSA) is 98.1 Å². The Labute approximate surface area is 209 Å². The zero-order valence-corrected chi connectivity index (χ0v) is 20.8. The van der Waals surface area contributed by atoms with Gasteiger partial charge in [-0.3, -0.25) is 9.59 Å². The van der Waals surface area contributed by atoms with Crippen LogP contribution in [0.2, 0.25) is 15.1 Å². The summed E-state index contributed by atoms with van der Waals surface area (Å²) in [6, 6.07) is 10.3. The van der Waals surface area contributed by atoms with Crippen LogP contribution in [0, 0.1) is 0 Å². The fourth-order valence-electron chi connectivity index (χ4n) is 2.76. The van der Waals surface area contributed by atoms with Crippen LogP contribution in [0.3, 0.4) is 0 Å². The van der Waals surface area contributed by atoms with Crippen molar-refractivity contribution in [3.05, 3.63) is 62.9 Å². The average Bonchev–Trinajstić information content (AvgIpc) is 3.13. The Morgan fingerprint density at radius 3 is 2.36 bits per heavy atom. The molecule has 0 radical (unpaired) electrons. The lowest BCUT2D eigenvalue weighted by Gasteiger charge is -2.10. The number of carbonyl (C=O) groups is 2. The van der Waals surface area contributed by atoms with Crippen molar-refractivity contribution in [3.8, 4) is 5.75 Å². The normalized spacial score (nSPS) is 10.7. The highest BCUT2D eigenvalue weighted by atomic mass is 35.5. The lowest BCUT2D eigenvalue weighted by molar-refractivity contribution is -0.120. The fourth-order valence-corrected chi connectivity index (χ4v) is 4.40. The van der Waals surface area contributed by atoms with Crippen molar-refractivity contribution in [3.63, 3.8) is 0 Å². The average molecular weight is 529 g/mol. The molecule has 3 aromatic rings. The maximum atomic E-state index is 12.3. The molecular formula is C21H20Cl3N5O3S. The first-order valence-electron chi connectivity index (χ1n) is 9.62. The van der Waals surface area contributed by atoms with Gasteiger partial charge in [-0.15, -0.1) is 10.2 Å². The third kappa shape index (κ3) is 7.01. The standard InChI is InChI=1S/C21H20Cl3N5O3S/c1-29-17(10-25-18(30)7-12-3-5-14(32-2)6-4-12)27-28-21(29)33-11-19(31)26-20-15(23)8-13(22)9-16(20)24/h3-6,8-9H,7,10-11H2,1-2H3,(H,25,30)(H,26,31). The van der Waals surface area contributed by atoms with Gasteiger partial charge in [-0.1, -0.05) is 58.7 Å². The fraction of sp³-hybridized carbons (Fsp3) is 0.238. The van der Waals surface area contributed by atoms with E-state index in [0.29, 0.717) is 21.7 Å². The number of ether oxygens (including phenoxy) is 1. The van der Waals surface area contributed by atoms with Gasteiger partial charge < -0.3 is 19.9 Å². The van der Waals surface area contributed by atoms with Crippen LogP contribution >= 0.6 is 46.6 Å². The second-order valence-corrected chi connectivity index (χ2v) is 9.03. The molecule has 0 atom stereocenters. The first-order valence-corrected chi connectivity index (χ1v) is 11.7. The smallest absolute Gasteiger partial charge is 0.234 e. The molecule has 33 heavy (non-hydrogen) atoms. The number of rotatable bonds is 9. The van der Waals surface area contributed by atoms with Gasteiger partial charge in [-0.25, -0.2) is 0 Å². The van der Waals surface area contributed by atoms with E-state index in [4.69, 9.17) is 39.5 Å². The highest BCUT2D eigenvalue weighted by molar-refractivity contribution is 7.99. The summed E-state index contributed by atoms with van der Waals surface area (Å²) in [7, 11) is 3.35. The lowest BCUT2D eigenvalue weighted by atomic mass is 10.1. The maximum Gasteiger partial charge on any atom is 0.234 e. The molecule has 0 saturated heterocycles. The molecule has 0 spiro atoms. The zero-order valence-electron chi connectivity index (χ0n) is 17.7. The molecule has 0 fully saturated rings. The second kappa shape index (κ2) is 11.6. The summed E-state index contributed by atoms with van der Waals surface area (Å²) in [4.78, 5) is 24.6. The van der Waals surface area contributed by atoms with Gasteiger partial charge in [0.25, 0.3) is 0 Å². The Kier molecular flexibility index (Phi) is 8.85. The number of anilines is 1. The number of halogens is 3. The van der Waals surface area contributed by atoms with Crippen LogP contribution in [0.4, 0.5) is 5.69 Å². The SMILES string of the molecule is COc1ccc(CC(=O)NCc2nnc(SCC(=O)Nc3c(Cl)cc(Cl)cc3Cl)n2C)cc1. The van der Waals surface area contributed by atoms with Gasteiger partial charge in [-0.2, -0.15) is 0 Å². The number of benzene rings is 2. The van der Waals surface area contributed by atoms with Gasteiger partial charge >= 0.3 is 0 Å². The van der Waals surface area contributed by atoms with Crippen LogP contribution in [0.25, 0.3) is 0 Å². The molecule has 0 saturated carbocycles. The number of carbonyl (C=O) groups excluding carboxylic acids is 2. The van der Waals surface area contributed by atoms with Gasteiger partial charge in [0, 0.05) is 12.1 Å². The maximum absolute atomic E-state index is 12.3. The minimum absolute atomic E-state index is 0.0606. The summed E-state index contributed by atoms with van der Waals surface area (Å²) >= 11 is 19.3. The van der Waals surface area contributed by atoms with Crippen LogP contribution in [0.5, 0.6) is 5.75 Å². The van der Waals surface area contributed by atoms with Gasteiger partial charge in [0.1, 0.15) is 5.75 Å². The molecule has 174 valence electrons. The molecule has 8 nitrogen and oxygen atoms in total. The van der Waals surface area contributed by atoms with E-state index in [-0.39, 0.29) is 40.6 Å². The largest absolute Gasteiger partial charge is 0.497 e. The van der Waals surface area contributed by atoms with E-state index in [1.807, 2.05) is 12.1 Å². The van der Waals surface area contributed by atoms with Crippen LogP contribution in [0.15, 0.2) is 41.6 Å². The molecule has 0 unspecified atom stereocenters. The lowest BCUT2D eigenvalue weighted by Crippen LogP contribution is -2.26. The predicted octanol–water partition coefficient (Wildman–Crippen LogP) is 4.37. The molecule has 0 bridgehead atoms. The van der Waals surface area contributed by atoms with Crippen LogP contribution in [-0.2, 0) is 29.6 Å². The van der Waals surface area contributed by atoms with Crippen molar-refractivity contribution in [2.45, 2.75) is 18.1 Å². The molecule has 0 aliphatic heterocycles. The van der Waals surface area contributed by atoms with E-state index in [1.54, 1.807) is 30.9 Å². The Morgan fingerprint density at radius 1 is 1.06 bits per heavy atom. The van der Waals surface area contributed by atoms with Crippen molar-refractivity contribution in [2.24, 2.45) is 7.05 Å². The van der Waals surface area contributed by atoms with Gasteiger partial charge in [0.2, 0.25) is 11.8 Å². The van der Waals surface area contributed by atoms with E-state index in [9.17, 15) is 9.59 Å². The molecule has 1 aromatic heterocycles. The number of amides is 2. The molecule has 2 amide bonds. The van der Waals surface area contributed by atoms with E-state index in [2.05, 4.69) is 20.8 Å². The number of nitrogens with zero attached hydrogens (tertiary/aromatic N) is 3. The molecule has 0 aliphatic rings. The number of aromatic nitrogens is 3. The van der Waals surface area contributed by atoms with E-state index >= 15 is 0 Å². The zero-order chi connectivity index (χ0) is 24.0. The monoisotopic (exact) mass is 527 g/mol. The summed E-state index contributed by atoms with van der Waals surface area (Å²) in [5.74, 6) is 0.892. The number of nitrogens with one attached hydrogen (secondary N) is 2. The Morgan fingerprint density at radius 2 is 1.73 bits per heavy atom. The van der Waals surface area contributed by atoms with Crippen LogP contribution < -0.4 is 15.4 Å². The number of thioether (sulfide) groups is 1. The van der Waals surface area contributed by atoms with E-state index < -0.39 is 0 Å². The van der Waals surface area contributed by atoms with E-state index in [0.717, 1.165) is 11.3 Å². The first kappa shape index (κ1) is 25.2. The highest BCUT2D eigenvalue weighted by Gasteiger charge is 2.15. The Balaban J connectivity index is 1.50. The molecule has 3 rings (SSSR count). The van der Waals surface area contributed by atoms with Crippen molar-refractivity contribution in [1.29, 1.82) is 0 Å². The van der Waals surface area contributed by atoms with Crippen molar-refractivity contribution in [2.75, 3.05) is 18.2 Å². The summed E-state index contributed by atoms with van der Waals surface area (Å²) in [5.41, 5.74) is 1.17.